The Bertz CT molecular complexity index is 734. The minimum Gasteiger partial charge on any atom is -0.354 e. The molecule has 0 aliphatic carbocycles. The minimum absolute atomic E-state index is 0.249. The van der Waals surface area contributed by atoms with Gasteiger partial charge in [0.15, 0.2) is 0 Å². The van der Waals surface area contributed by atoms with E-state index in [4.69, 9.17) is 0 Å². The van der Waals surface area contributed by atoms with Crippen LogP contribution < -0.4 is 15.5 Å². The van der Waals surface area contributed by atoms with Gasteiger partial charge in [-0.1, -0.05) is 0 Å². The number of piperazine rings is 1. The molecular weight excluding hydrogens is 318 g/mol. The number of hydrogen-bond acceptors (Lipinski definition) is 5. The number of carbonyl (C=O) groups is 1. The lowest BCUT2D eigenvalue weighted by Crippen LogP contribution is -2.44. The van der Waals surface area contributed by atoms with E-state index < -0.39 is 0 Å². The molecule has 134 valence electrons. The van der Waals surface area contributed by atoms with Gasteiger partial charge >= 0.3 is 6.03 Å². The lowest BCUT2D eigenvalue weighted by Gasteiger charge is -2.33. The van der Waals surface area contributed by atoms with Gasteiger partial charge in [-0.15, -0.1) is 0 Å². The van der Waals surface area contributed by atoms with Crippen LogP contribution in [0.1, 0.15) is 11.3 Å². The van der Waals surface area contributed by atoms with Crippen molar-refractivity contribution in [1.29, 1.82) is 0 Å². The molecule has 2 aromatic heterocycles. The minimum atomic E-state index is -0.249. The molecule has 0 aromatic carbocycles. The number of hydrogen-bond donors (Lipinski definition) is 2. The lowest BCUT2D eigenvalue weighted by molar-refractivity contribution is 0.251. The van der Waals surface area contributed by atoms with Crippen LogP contribution in [-0.4, -0.2) is 58.9 Å². The third kappa shape index (κ3) is 4.48. The molecule has 2 amide bonds. The summed E-state index contributed by atoms with van der Waals surface area (Å²) in [7, 11) is 3.93. The molecule has 0 spiro atoms. The molecule has 0 saturated carbocycles. The van der Waals surface area contributed by atoms with Crippen LogP contribution in [0.5, 0.6) is 0 Å². The predicted molar refractivity (Wildman–Crippen MR) is 97.8 cm³/mol. The molecule has 8 nitrogen and oxygen atoms in total. The molecule has 0 atom stereocenters. The molecule has 1 saturated heterocycles. The number of amides is 2. The maximum atomic E-state index is 12.1. The number of aromatic nitrogens is 3. The van der Waals surface area contributed by atoms with Gasteiger partial charge in [-0.05, 0) is 31.7 Å². The highest BCUT2D eigenvalue weighted by molar-refractivity contribution is 5.88. The SMILES string of the molecule is Cc1cc(NC(=O)NCc2ccnc(N3CCN(C)CC3)c2)n(C)n1. The summed E-state index contributed by atoms with van der Waals surface area (Å²) in [5.74, 6) is 1.64. The van der Waals surface area contributed by atoms with Gasteiger partial charge in [0.1, 0.15) is 11.6 Å². The molecule has 0 radical (unpaired) electrons. The topological polar surface area (TPSA) is 78.3 Å². The van der Waals surface area contributed by atoms with Crippen LogP contribution in [0, 0.1) is 6.92 Å². The fourth-order valence-corrected chi connectivity index (χ4v) is 2.85. The number of likely N-dealkylation sites (N-methyl/N-ethyl adjacent to an activating group) is 1. The van der Waals surface area contributed by atoms with Crippen molar-refractivity contribution in [3.05, 3.63) is 35.7 Å². The maximum Gasteiger partial charge on any atom is 0.320 e. The number of carbonyl (C=O) groups excluding carboxylic acids is 1. The molecule has 0 bridgehead atoms. The van der Waals surface area contributed by atoms with Gasteiger partial charge in [-0.2, -0.15) is 5.10 Å². The van der Waals surface area contributed by atoms with Crippen LogP contribution in [0.4, 0.5) is 16.4 Å². The Morgan fingerprint density at radius 2 is 1.96 bits per heavy atom. The van der Waals surface area contributed by atoms with Crippen LogP contribution in [0.3, 0.4) is 0 Å². The van der Waals surface area contributed by atoms with Crippen molar-refractivity contribution in [2.45, 2.75) is 13.5 Å². The maximum absolute atomic E-state index is 12.1. The first-order valence-corrected chi connectivity index (χ1v) is 8.45. The molecule has 3 rings (SSSR count). The first-order chi connectivity index (χ1) is 12.0. The van der Waals surface area contributed by atoms with E-state index in [1.807, 2.05) is 25.1 Å². The molecule has 1 fully saturated rings. The number of aryl methyl sites for hydroxylation is 2. The summed E-state index contributed by atoms with van der Waals surface area (Å²) in [6, 6.07) is 5.55. The zero-order chi connectivity index (χ0) is 17.8. The second-order valence-corrected chi connectivity index (χ2v) is 6.41. The average molecular weight is 343 g/mol. The monoisotopic (exact) mass is 343 g/mol. The van der Waals surface area contributed by atoms with Crippen LogP contribution >= 0.6 is 0 Å². The number of anilines is 2. The summed E-state index contributed by atoms with van der Waals surface area (Å²) in [6.07, 6.45) is 1.80. The standard InChI is InChI=1S/C17H25N7O/c1-13-10-16(23(3)21-13)20-17(25)19-12-14-4-5-18-15(11-14)24-8-6-22(2)7-9-24/h4-5,10-11H,6-9,12H2,1-3H3,(H2,19,20,25). The van der Waals surface area contributed by atoms with Gasteiger partial charge in [-0.25, -0.2) is 9.78 Å². The summed E-state index contributed by atoms with van der Waals surface area (Å²) < 4.78 is 1.65. The molecule has 1 aliphatic rings. The normalized spacial score (nSPS) is 15.2. The second kappa shape index (κ2) is 7.52. The van der Waals surface area contributed by atoms with E-state index in [2.05, 4.69) is 37.6 Å². The third-order valence-electron chi connectivity index (χ3n) is 4.33. The van der Waals surface area contributed by atoms with Crippen molar-refractivity contribution in [2.75, 3.05) is 43.4 Å². The van der Waals surface area contributed by atoms with E-state index in [0.29, 0.717) is 12.4 Å². The van der Waals surface area contributed by atoms with Crippen molar-refractivity contribution in [3.63, 3.8) is 0 Å². The summed E-state index contributed by atoms with van der Waals surface area (Å²) in [5, 5.41) is 9.89. The largest absolute Gasteiger partial charge is 0.354 e. The highest BCUT2D eigenvalue weighted by Crippen LogP contribution is 2.15. The summed E-state index contributed by atoms with van der Waals surface area (Å²) in [6.45, 7) is 6.36. The Hall–Kier alpha value is -2.61. The van der Waals surface area contributed by atoms with Gasteiger partial charge < -0.3 is 15.1 Å². The highest BCUT2D eigenvalue weighted by Gasteiger charge is 2.15. The average Bonchev–Trinajstić information content (AvgIpc) is 2.91. The smallest absolute Gasteiger partial charge is 0.320 e. The van der Waals surface area contributed by atoms with Crippen molar-refractivity contribution >= 4 is 17.7 Å². The Morgan fingerprint density at radius 1 is 1.20 bits per heavy atom. The van der Waals surface area contributed by atoms with E-state index in [9.17, 15) is 4.79 Å². The molecule has 3 heterocycles. The number of rotatable bonds is 4. The van der Waals surface area contributed by atoms with Gasteiger partial charge in [0, 0.05) is 52.0 Å². The Morgan fingerprint density at radius 3 is 2.64 bits per heavy atom. The zero-order valence-electron chi connectivity index (χ0n) is 15.0. The van der Waals surface area contributed by atoms with Crippen LogP contribution in [0.15, 0.2) is 24.4 Å². The first kappa shape index (κ1) is 17.2. The highest BCUT2D eigenvalue weighted by atomic mass is 16.2. The molecule has 8 heteroatoms. The summed E-state index contributed by atoms with van der Waals surface area (Å²) in [4.78, 5) is 21.1. The predicted octanol–water partition coefficient (Wildman–Crippen LogP) is 1.20. The van der Waals surface area contributed by atoms with E-state index in [1.165, 1.54) is 0 Å². The quantitative estimate of drug-likeness (QED) is 0.872. The molecule has 1 aliphatic heterocycles. The molecule has 2 aromatic rings. The Kier molecular flexibility index (Phi) is 5.18. The number of pyridine rings is 1. The van der Waals surface area contributed by atoms with Gasteiger partial charge in [0.25, 0.3) is 0 Å². The number of urea groups is 1. The molecular formula is C17H25N7O. The third-order valence-corrected chi connectivity index (χ3v) is 4.33. The van der Waals surface area contributed by atoms with Crippen molar-refractivity contribution in [2.24, 2.45) is 7.05 Å². The fourth-order valence-electron chi connectivity index (χ4n) is 2.85. The number of nitrogens with one attached hydrogen (secondary N) is 2. The molecule has 25 heavy (non-hydrogen) atoms. The number of nitrogens with zero attached hydrogens (tertiary/aromatic N) is 5. The van der Waals surface area contributed by atoms with Crippen molar-refractivity contribution in [1.82, 2.24) is 25.0 Å². The van der Waals surface area contributed by atoms with Crippen LogP contribution in [0.25, 0.3) is 0 Å². The fraction of sp³-hybridized carbons (Fsp3) is 0.471. The van der Waals surface area contributed by atoms with Gasteiger partial charge in [0.2, 0.25) is 0 Å². The second-order valence-electron chi connectivity index (χ2n) is 6.41. The summed E-state index contributed by atoms with van der Waals surface area (Å²) >= 11 is 0. The molecule has 2 N–H and O–H groups in total. The van der Waals surface area contributed by atoms with E-state index in [-0.39, 0.29) is 6.03 Å². The zero-order valence-corrected chi connectivity index (χ0v) is 15.0. The van der Waals surface area contributed by atoms with Crippen molar-refractivity contribution in [3.8, 4) is 0 Å². The van der Waals surface area contributed by atoms with Gasteiger partial charge in [0.05, 0.1) is 5.69 Å². The first-order valence-electron chi connectivity index (χ1n) is 8.45. The van der Waals surface area contributed by atoms with Gasteiger partial charge in [-0.3, -0.25) is 10.00 Å². The van der Waals surface area contributed by atoms with Crippen molar-refractivity contribution < 1.29 is 4.79 Å². The van der Waals surface area contributed by atoms with E-state index in [0.717, 1.165) is 43.3 Å². The van der Waals surface area contributed by atoms with E-state index >= 15 is 0 Å². The Labute approximate surface area is 147 Å². The van der Waals surface area contributed by atoms with Crippen LogP contribution in [0.2, 0.25) is 0 Å². The molecule has 0 unspecified atom stereocenters. The summed E-state index contributed by atoms with van der Waals surface area (Å²) in [5.41, 5.74) is 1.89. The van der Waals surface area contributed by atoms with E-state index in [1.54, 1.807) is 17.9 Å². The lowest BCUT2D eigenvalue weighted by atomic mass is 10.2. The Balaban J connectivity index is 1.55. The van der Waals surface area contributed by atoms with Crippen LogP contribution in [-0.2, 0) is 13.6 Å².